The zero-order valence-electron chi connectivity index (χ0n) is 38.8. The molecule has 5 nitrogen and oxygen atoms in total. The minimum absolute atomic E-state index is 0.548. The van der Waals surface area contributed by atoms with Crippen LogP contribution in [0.1, 0.15) is 11.1 Å². The topological polar surface area (TPSA) is 48.5 Å². The summed E-state index contributed by atoms with van der Waals surface area (Å²) in [5.74, 6) is 1.74. The third-order valence-corrected chi connectivity index (χ3v) is 13.7. The lowest BCUT2D eigenvalue weighted by Crippen LogP contribution is -2.07. The SMILES string of the molecule is Cc1ccc2c(c1)c1cc(C)ccc1n2-c1ccccc1-c1nc(-c2ccccc2)nc(-n2c3ccc(-c4ccc(-c5ccccc5)cc4)cc3c3cc(-c4ccc(-c5ccccc5)cc4)ccc32)n1. The van der Waals surface area contributed by atoms with Gasteiger partial charge in [-0.15, -0.1) is 0 Å². The van der Waals surface area contributed by atoms with Crippen LogP contribution in [-0.4, -0.2) is 24.1 Å². The van der Waals surface area contributed by atoms with Crippen molar-refractivity contribution < 1.29 is 0 Å². The Kier molecular flexibility index (Phi) is 9.88. The molecule has 0 N–H and O–H groups in total. The van der Waals surface area contributed by atoms with E-state index < -0.39 is 0 Å². The normalized spacial score (nSPS) is 11.6. The Bertz CT molecular complexity index is 3900. The molecule has 0 aliphatic rings. The van der Waals surface area contributed by atoms with E-state index in [1.807, 2.05) is 18.2 Å². The van der Waals surface area contributed by atoms with Crippen molar-refractivity contribution in [1.29, 1.82) is 0 Å². The van der Waals surface area contributed by atoms with Gasteiger partial charge in [-0.3, -0.25) is 4.57 Å². The van der Waals surface area contributed by atoms with Gasteiger partial charge < -0.3 is 4.57 Å². The van der Waals surface area contributed by atoms with E-state index in [9.17, 15) is 0 Å². The van der Waals surface area contributed by atoms with E-state index in [2.05, 4.69) is 241 Å². The molecule has 0 bridgehead atoms. The first-order valence-electron chi connectivity index (χ1n) is 23.8. The summed E-state index contributed by atoms with van der Waals surface area (Å²) in [5, 5.41) is 4.67. The van der Waals surface area contributed by atoms with Crippen molar-refractivity contribution in [2.75, 3.05) is 0 Å². The number of aryl methyl sites for hydroxylation is 2. The predicted octanol–water partition coefficient (Wildman–Crippen LogP) is 16.7. The van der Waals surface area contributed by atoms with E-state index in [-0.39, 0.29) is 0 Å². The Morgan fingerprint density at radius 3 is 1.13 bits per heavy atom. The molecule has 5 heteroatoms. The van der Waals surface area contributed by atoms with Gasteiger partial charge in [-0.25, -0.2) is 4.98 Å². The van der Waals surface area contributed by atoms with Gasteiger partial charge in [0.15, 0.2) is 11.6 Å². The van der Waals surface area contributed by atoms with Gasteiger partial charge in [-0.2, -0.15) is 9.97 Å². The second-order valence-electron chi connectivity index (χ2n) is 18.2. The first-order chi connectivity index (χ1) is 34.5. The van der Waals surface area contributed by atoms with E-state index in [1.54, 1.807) is 0 Å². The second-order valence-corrected chi connectivity index (χ2v) is 18.2. The molecule has 0 amide bonds. The van der Waals surface area contributed by atoms with Crippen molar-refractivity contribution in [1.82, 2.24) is 24.1 Å². The predicted molar refractivity (Wildman–Crippen MR) is 291 cm³/mol. The number of aromatic nitrogens is 5. The highest BCUT2D eigenvalue weighted by atomic mass is 15.2. The monoisotopic (exact) mass is 895 g/mol. The van der Waals surface area contributed by atoms with Crippen LogP contribution in [-0.2, 0) is 0 Å². The molecule has 0 aliphatic heterocycles. The van der Waals surface area contributed by atoms with Gasteiger partial charge >= 0.3 is 0 Å². The average Bonchev–Trinajstić information content (AvgIpc) is 3.92. The standard InChI is InChI=1S/C65H45N5/c1-42-22-34-59-54(38-42)55-39-43(2)23-35-60(55)69(59)58-21-13-12-20-53(58)64-66-63(50-18-10-5-11-19-50)67-65(68-64)70-61-36-32-51(48-28-24-46(25-29-48)44-14-6-3-7-15-44)40-56(61)57-41-52(33-37-62(57)70)49-30-26-47(27-31-49)45-16-8-4-9-17-45/h3-41H,1-2H3. The van der Waals surface area contributed by atoms with Crippen LogP contribution in [0.5, 0.6) is 0 Å². The molecule has 0 saturated carbocycles. The summed E-state index contributed by atoms with van der Waals surface area (Å²) in [5.41, 5.74) is 18.9. The molecule has 13 aromatic rings. The number of rotatable bonds is 8. The summed E-state index contributed by atoms with van der Waals surface area (Å²) in [6.45, 7) is 4.32. The zero-order valence-corrected chi connectivity index (χ0v) is 38.8. The first-order valence-corrected chi connectivity index (χ1v) is 23.8. The molecular weight excluding hydrogens is 851 g/mol. The average molecular weight is 896 g/mol. The minimum Gasteiger partial charge on any atom is -0.309 e. The highest BCUT2D eigenvalue weighted by molar-refractivity contribution is 6.12. The summed E-state index contributed by atoms with van der Waals surface area (Å²) in [7, 11) is 0. The minimum atomic E-state index is 0.548. The number of fused-ring (bicyclic) bond motifs is 6. The van der Waals surface area contributed by atoms with Gasteiger partial charge in [0.2, 0.25) is 5.95 Å². The molecule has 0 fully saturated rings. The number of benzene rings is 10. The molecule has 10 aromatic carbocycles. The molecule has 0 radical (unpaired) electrons. The lowest BCUT2D eigenvalue weighted by molar-refractivity contribution is 0.951. The maximum Gasteiger partial charge on any atom is 0.238 e. The fraction of sp³-hybridized carbons (Fsp3) is 0.0308. The third kappa shape index (κ3) is 7.15. The molecule has 0 spiro atoms. The Balaban J connectivity index is 1.02. The summed E-state index contributed by atoms with van der Waals surface area (Å²) in [6.07, 6.45) is 0. The second kappa shape index (κ2) is 16.8. The van der Waals surface area contributed by atoms with Gasteiger partial charge in [0.05, 0.1) is 27.8 Å². The Morgan fingerprint density at radius 2 is 0.629 bits per heavy atom. The molecule has 3 aromatic heterocycles. The van der Waals surface area contributed by atoms with Crippen molar-refractivity contribution in [3.05, 3.63) is 248 Å². The summed E-state index contributed by atoms with van der Waals surface area (Å²) >= 11 is 0. The largest absolute Gasteiger partial charge is 0.309 e. The fourth-order valence-corrected chi connectivity index (χ4v) is 10.2. The van der Waals surface area contributed by atoms with Crippen LogP contribution in [0, 0.1) is 13.8 Å². The molecule has 330 valence electrons. The van der Waals surface area contributed by atoms with Crippen LogP contribution >= 0.6 is 0 Å². The van der Waals surface area contributed by atoms with Gasteiger partial charge in [-0.05, 0) is 119 Å². The lowest BCUT2D eigenvalue weighted by Gasteiger charge is -2.15. The van der Waals surface area contributed by atoms with Gasteiger partial charge in [-0.1, -0.05) is 187 Å². The summed E-state index contributed by atoms with van der Waals surface area (Å²) in [6, 6.07) is 84.6. The van der Waals surface area contributed by atoms with E-state index >= 15 is 0 Å². The van der Waals surface area contributed by atoms with Crippen LogP contribution in [0.3, 0.4) is 0 Å². The van der Waals surface area contributed by atoms with Gasteiger partial charge in [0.1, 0.15) is 0 Å². The van der Waals surface area contributed by atoms with Gasteiger partial charge in [0, 0.05) is 32.7 Å². The molecule has 0 unspecified atom stereocenters. The van der Waals surface area contributed by atoms with E-state index in [1.165, 1.54) is 44.2 Å². The molecule has 0 atom stereocenters. The summed E-state index contributed by atoms with van der Waals surface area (Å²) < 4.78 is 4.59. The number of hydrogen-bond donors (Lipinski definition) is 0. The highest BCUT2D eigenvalue weighted by Gasteiger charge is 2.22. The van der Waals surface area contributed by atoms with Crippen LogP contribution in [0.4, 0.5) is 0 Å². The van der Waals surface area contributed by atoms with Crippen molar-refractivity contribution >= 4 is 43.6 Å². The lowest BCUT2D eigenvalue weighted by atomic mass is 9.97. The maximum absolute atomic E-state index is 5.50. The molecular formula is C65H45N5. The quantitative estimate of drug-likeness (QED) is 0.153. The summed E-state index contributed by atoms with van der Waals surface area (Å²) in [4.78, 5) is 16.2. The van der Waals surface area contributed by atoms with Crippen LogP contribution in [0.2, 0.25) is 0 Å². The molecule has 0 aliphatic carbocycles. The molecule has 3 heterocycles. The smallest absolute Gasteiger partial charge is 0.238 e. The van der Waals surface area contributed by atoms with Crippen LogP contribution in [0.25, 0.3) is 123 Å². The van der Waals surface area contributed by atoms with E-state index in [0.29, 0.717) is 17.6 Å². The fourth-order valence-electron chi connectivity index (χ4n) is 10.2. The Hall–Kier alpha value is -9.19. The van der Waals surface area contributed by atoms with Crippen molar-refractivity contribution in [3.8, 4) is 78.9 Å². The Morgan fingerprint density at radius 1 is 0.271 bits per heavy atom. The molecule has 13 rings (SSSR count). The number of para-hydroxylation sites is 1. The Labute approximate surface area is 406 Å². The highest BCUT2D eigenvalue weighted by Crippen LogP contribution is 2.40. The van der Waals surface area contributed by atoms with Crippen LogP contribution < -0.4 is 0 Å². The van der Waals surface area contributed by atoms with Gasteiger partial charge in [0.25, 0.3) is 0 Å². The van der Waals surface area contributed by atoms with E-state index in [4.69, 9.17) is 15.0 Å². The first kappa shape index (κ1) is 41.0. The van der Waals surface area contributed by atoms with Crippen molar-refractivity contribution in [2.24, 2.45) is 0 Å². The number of hydrogen-bond acceptors (Lipinski definition) is 3. The number of nitrogens with zero attached hydrogens (tertiary/aromatic N) is 5. The zero-order chi connectivity index (χ0) is 46.7. The van der Waals surface area contributed by atoms with Crippen molar-refractivity contribution in [3.63, 3.8) is 0 Å². The van der Waals surface area contributed by atoms with Crippen LogP contribution in [0.15, 0.2) is 237 Å². The third-order valence-electron chi connectivity index (χ3n) is 13.7. The van der Waals surface area contributed by atoms with Crippen molar-refractivity contribution in [2.45, 2.75) is 13.8 Å². The van der Waals surface area contributed by atoms with E-state index in [0.717, 1.165) is 71.9 Å². The molecule has 70 heavy (non-hydrogen) atoms. The maximum atomic E-state index is 5.50. The molecule has 0 saturated heterocycles.